The van der Waals surface area contributed by atoms with Gasteiger partial charge in [0.1, 0.15) is 6.61 Å². The van der Waals surface area contributed by atoms with Gasteiger partial charge in [-0.05, 0) is 18.0 Å². The molecule has 0 N–H and O–H groups in total. The highest BCUT2D eigenvalue weighted by Crippen LogP contribution is 2.18. The van der Waals surface area contributed by atoms with Crippen LogP contribution in [-0.2, 0) is 16.1 Å². The number of ether oxygens (including phenoxy) is 1. The van der Waals surface area contributed by atoms with Crippen molar-refractivity contribution >= 4 is 5.97 Å². The number of esters is 1. The van der Waals surface area contributed by atoms with Crippen molar-refractivity contribution in [1.82, 2.24) is 4.90 Å². The van der Waals surface area contributed by atoms with Gasteiger partial charge in [-0.3, -0.25) is 9.69 Å². The molecule has 0 aromatic heterocycles. The van der Waals surface area contributed by atoms with E-state index in [1.54, 1.807) is 0 Å². The Balaban J connectivity index is 2.21. The number of rotatable bonds is 6. The van der Waals surface area contributed by atoms with E-state index in [1.165, 1.54) is 5.56 Å². The topological polar surface area (TPSA) is 29.5 Å². The molecule has 0 amide bonds. The minimum atomic E-state index is -0.111. The molecule has 0 aliphatic rings. The Bertz CT molecular complexity index is 381. The average molecular weight is 263 g/mol. The number of hydrogen-bond acceptors (Lipinski definition) is 3. The standard InChI is InChI=1S/C16H25NO2/c1-16(2,3)12-15(18)19-11-10-17(4)13-14-8-6-5-7-9-14/h5-9H,10-13H2,1-4H3. The monoisotopic (exact) mass is 263 g/mol. The summed E-state index contributed by atoms with van der Waals surface area (Å²) >= 11 is 0. The molecule has 0 spiro atoms. The lowest BCUT2D eigenvalue weighted by atomic mass is 9.93. The third kappa shape index (κ3) is 7.62. The molecule has 0 radical (unpaired) electrons. The van der Waals surface area contributed by atoms with E-state index in [0.717, 1.165) is 13.1 Å². The summed E-state index contributed by atoms with van der Waals surface area (Å²) in [6.07, 6.45) is 0.468. The van der Waals surface area contributed by atoms with E-state index >= 15 is 0 Å². The Morgan fingerprint density at radius 3 is 2.42 bits per heavy atom. The van der Waals surface area contributed by atoms with Crippen molar-refractivity contribution in [2.75, 3.05) is 20.2 Å². The van der Waals surface area contributed by atoms with Gasteiger partial charge in [0.05, 0.1) is 6.42 Å². The lowest BCUT2D eigenvalue weighted by Gasteiger charge is -2.19. The molecule has 0 aliphatic carbocycles. The van der Waals surface area contributed by atoms with Crippen molar-refractivity contribution in [3.63, 3.8) is 0 Å². The lowest BCUT2D eigenvalue weighted by Crippen LogP contribution is -2.25. The van der Waals surface area contributed by atoms with Crippen LogP contribution in [-0.4, -0.2) is 31.1 Å². The van der Waals surface area contributed by atoms with Gasteiger partial charge in [-0.25, -0.2) is 0 Å². The molecule has 0 heterocycles. The van der Waals surface area contributed by atoms with Crippen LogP contribution in [0.4, 0.5) is 0 Å². The molecule has 0 unspecified atom stereocenters. The average Bonchev–Trinajstić information content (AvgIpc) is 2.27. The molecule has 19 heavy (non-hydrogen) atoms. The summed E-state index contributed by atoms with van der Waals surface area (Å²) in [6, 6.07) is 10.3. The van der Waals surface area contributed by atoms with E-state index in [4.69, 9.17) is 4.74 Å². The summed E-state index contributed by atoms with van der Waals surface area (Å²) in [6.45, 7) is 8.20. The fourth-order valence-electron chi connectivity index (χ4n) is 1.77. The number of hydrogen-bond donors (Lipinski definition) is 0. The van der Waals surface area contributed by atoms with Gasteiger partial charge in [-0.15, -0.1) is 0 Å². The molecule has 1 aromatic rings. The predicted molar refractivity (Wildman–Crippen MR) is 77.8 cm³/mol. The highest BCUT2D eigenvalue weighted by molar-refractivity contribution is 5.70. The third-order valence-electron chi connectivity index (χ3n) is 2.71. The normalized spacial score (nSPS) is 11.6. The van der Waals surface area contributed by atoms with Gasteiger partial charge in [0, 0.05) is 13.1 Å². The molecule has 1 aromatic carbocycles. The van der Waals surface area contributed by atoms with Crippen LogP contribution < -0.4 is 0 Å². The summed E-state index contributed by atoms with van der Waals surface area (Å²) in [5, 5.41) is 0. The second-order valence-electron chi connectivity index (χ2n) is 6.18. The number of benzene rings is 1. The zero-order valence-corrected chi connectivity index (χ0v) is 12.5. The SMILES string of the molecule is CN(CCOC(=O)CC(C)(C)C)Cc1ccccc1. The molecular weight excluding hydrogens is 238 g/mol. The third-order valence-corrected chi connectivity index (χ3v) is 2.71. The number of carbonyl (C=O) groups is 1. The first-order chi connectivity index (χ1) is 8.87. The molecule has 1 rings (SSSR count). The Morgan fingerprint density at radius 2 is 1.84 bits per heavy atom. The van der Waals surface area contributed by atoms with E-state index in [2.05, 4.69) is 17.0 Å². The second kappa shape index (κ2) is 7.29. The fourth-order valence-corrected chi connectivity index (χ4v) is 1.77. The van der Waals surface area contributed by atoms with Gasteiger partial charge >= 0.3 is 5.97 Å². The number of carbonyl (C=O) groups excluding carboxylic acids is 1. The van der Waals surface area contributed by atoms with Crippen molar-refractivity contribution in [2.24, 2.45) is 5.41 Å². The smallest absolute Gasteiger partial charge is 0.306 e. The Labute approximate surface area is 116 Å². The summed E-state index contributed by atoms with van der Waals surface area (Å²) in [5.41, 5.74) is 1.26. The van der Waals surface area contributed by atoms with Gasteiger partial charge in [0.25, 0.3) is 0 Å². The highest BCUT2D eigenvalue weighted by Gasteiger charge is 2.16. The van der Waals surface area contributed by atoms with Crippen LogP contribution in [0.25, 0.3) is 0 Å². The second-order valence-corrected chi connectivity index (χ2v) is 6.18. The molecule has 0 atom stereocenters. The van der Waals surface area contributed by atoms with Crippen LogP contribution in [0.1, 0.15) is 32.8 Å². The van der Waals surface area contributed by atoms with Gasteiger partial charge in [-0.1, -0.05) is 51.1 Å². The van der Waals surface area contributed by atoms with Crippen LogP contribution in [0.2, 0.25) is 0 Å². The molecule has 3 nitrogen and oxygen atoms in total. The maximum Gasteiger partial charge on any atom is 0.306 e. The molecule has 0 aliphatic heterocycles. The predicted octanol–water partition coefficient (Wildman–Crippen LogP) is 3.10. The van der Waals surface area contributed by atoms with E-state index in [0.29, 0.717) is 13.0 Å². The highest BCUT2D eigenvalue weighted by atomic mass is 16.5. The van der Waals surface area contributed by atoms with E-state index in [-0.39, 0.29) is 11.4 Å². The number of likely N-dealkylation sites (N-methyl/N-ethyl adjacent to an activating group) is 1. The largest absolute Gasteiger partial charge is 0.464 e. The van der Waals surface area contributed by atoms with Crippen LogP contribution in [0.3, 0.4) is 0 Å². The van der Waals surface area contributed by atoms with Gasteiger partial charge < -0.3 is 4.74 Å². The molecular formula is C16H25NO2. The van der Waals surface area contributed by atoms with Crippen molar-refractivity contribution in [3.05, 3.63) is 35.9 Å². The van der Waals surface area contributed by atoms with Gasteiger partial charge in [0.2, 0.25) is 0 Å². The quantitative estimate of drug-likeness (QED) is 0.739. The summed E-state index contributed by atoms with van der Waals surface area (Å²) < 4.78 is 5.25. The van der Waals surface area contributed by atoms with Crippen molar-refractivity contribution in [2.45, 2.75) is 33.7 Å². The molecule has 106 valence electrons. The van der Waals surface area contributed by atoms with Crippen molar-refractivity contribution in [3.8, 4) is 0 Å². The zero-order valence-electron chi connectivity index (χ0n) is 12.5. The van der Waals surface area contributed by atoms with Crippen molar-refractivity contribution in [1.29, 1.82) is 0 Å². The summed E-state index contributed by atoms with van der Waals surface area (Å²) in [7, 11) is 2.03. The van der Waals surface area contributed by atoms with E-state index < -0.39 is 0 Å². The maximum atomic E-state index is 11.6. The summed E-state index contributed by atoms with van der Waals surface area (Å²) in [5.74, 6) is -0.111. The van der Waals surface area contributed by atoms with Crippen LogP contribution >= 0.6 is 0 Å². The first-order valence-electron chi connectivity index (χ1n) is 6.75. The van der Waals surface area contributed by atoms with E-state index in [9.17, 15) is 4.79 Å². The van der Waals surface area contributed by atoms with Crippen molar-refractivity contribution < 1.29 is 9.53 Å². The minimum absolute atomic E-state index is 0.00692. The first-order valence-corrected chi connectivity index (χ1v) is 6.75. The van der Waals surface area contributed by atoms with Crippen LogP contribution in [0, 0.1) is 5.41 Å². The Morgan fingerprint density at radius 1 is 1.21 bits per heavy atom. The molecule has 0 fully saturated rings. The Kier molecular flexibility index (Phi) is 6.03. The molecule has 0 saturated heterocycles. The van der Waals surface area contributed by atoms with Gasteiger partial charge in [-0.2, -0.15) is 0 Å². The maximum absolute atomic E-state index is 11.6. The number of nitrogens with zero attached hydrogens (tertiary/aromatic N) is 1. The molecule has 0 bridgehead atoms. The lowest BCUT2D eigenvalue weighted by molar-refractivity contribution is -0.146. The van der Waals surface area contributed by atoms with Crippen LogP contribution in [0.15, 0.2) is 30.3 Å². The van der Waals surface area contributed by atoms with Crippen LogP contribution in [0.5, 0.6) is 0 Å². The molecule has 3 heteroatoms. The van der Waals surface area contributed by atoms with E-state index in [1.807, 2.05) is 46.0 Å². The first kappa shape index (κ1) is 15.7. The van der Waals surface area contributed by atoms with Gasteiger partial charge in [0.15, 0.2) is 0 Å². The fraction of sp³-hybridized carbons (Fsp3) is 0.562. The minimum Gasteiger partial charge on any atom is -0.464 e. The molecule has 0 saturated carbocycles. The summed E-state index contributed by atoms with van der Waals surface area (Å²) in [4.78, 5) is 13.7. The zero-order chi connectivity index (χ0) is 14.3. The Hall–Kier alpha value is -1.35.